The molecule has 3 aromatic carbocycles. The summed E-state index contributed by atoms with van der Waals surface area (Å²) < 4.78 is 98.0. The van der Waals surface area contributed by atoms with Gasteiger partial charge in [0.1, 0.15) is 0 Å². The van der Waals surface area contributed by atoms with Crippen molar-refractivity contribution in [2.24, 2.45) is 5.92 Å². The Hall–Kier alpha value is -3.16. The first-order chi connectivity index (χ1) is 18.3. The van der Waals surface area contributed by atoms with Crippen molar-refractivity contribution in [3.05, 3.63) is 82.4 Å². The molecule has 0 aliphatic heterocycles. The van der Waals surface area contributed by atoms with Crippen molar-refractivity contribution in [3.63, 3.8) is 0 Å². The van der Waals surface area contributed by atoms with Gasteiger partial charge in [-0.1, -0.05) is 31.5 Å². The molecule has 0 bridgehead atoms. The minimum absolute atomic E-state index is 0.0529. The maximum Gasteiger partial charge on any atom is 0.201 e. The van der Waals surface area contributed by atoms with E-state index in [4.69, 9.17) is 9.47 Å². The Morgan fingerprint density at radius 2 is 1.21 bits per heavy atom. The molecule has 38 heavy (non-hydrogen) atoms. The van der Waals surface area contributed by atoms with Gasteiger partial charge in [-0.3, -0.25) is 0 Å². The third-order valence-corrected chi connectivity index (χ3v) is 7.16. The fourth-order valence-electron chi connectivity index (χ4n) is 5.09. The zero-order valence-corrected chi connectivity index (χ0v) is 21.4. The van der Waals surface area contributed by atoms with Gasteiger partial charge in [-0.15, -0.1) is 0 Å². The van der Waals surface area contributed by atoms with Gasteiger partial charge in [0.15, 0.2) is 34.8 Å². The first-order valence-electron chi connectivity index (χ1n) is 12.9. The van der Waals surface area contributed by atoms with Crippen LogP contribution in [0.15, 0.2) is 36.4 Å². The number of halogens is 6. The summed E-state index contributed by atoms with van der Waals surface area (Å²) in [5, 5.41) is 0. The average Bonchev–Trinajstić information content (AvgIpc) is 2.92. The standard InChI is InChI=1S/C30H30F6O2/c1-3-5-19-10-14-24(29(35)25(19)31)38-16-17-6-8-18(9-7-17)20-11-12-21(27(33)26(20)32)22-13-15-23(37-4-2)30(36)28(22)34/h10-15,17-18H,3-9,16H2,1-2H3. The smallest absolute Gasteiger partial charge is 0.201 e. The van der Waals surface area contributed by atoms with Gasteiger partial charge in [0, 0.05) is 11.1 Å². The van der Waals surface area contributed by atoms with Crippen LogP contribution in [0.3, 0.4) is 0 Å². The van der Waals surface area contributed by atoms with E-state index in [1.54, 1.807) is 6.92 Å². The number of ether oxygens (including phenoxy) is 2. The molecule has 1 aliphatic rings. The normalized spacial score (nSPS) is 17.5. The molecule has 0 saturated heterocycles. The summed E-state index contributed by atoms with van der Waals surface area (Å²) in [6.45, 7) is 3.82. The Morgan fingerprint density at radius 3 is 1.87 bits per heavy atom. The Morgan fingerprint density at radius 1 is 0.632 bits per heavy atom. The molecule has 2 nitrogen and oxygen atoms in total. The molecule has 0 N–H and O–H groups in total. The van der Waals surface area contributed by atoms with E-state index in [1.165, 1.54) is 30.3 Å². The average molecular weight is 537 g/mol. The van der Waals surface area contributed by atoms with E-state index in [0.717, 1.165) is 6.07 Å². The third kappa shape index (κ3) is 5.64. The zero-order chi connectivity index (χ0) is 27.4. The van der Waals surface area contributed by atoms with Crippen LogP contribution < -0.4 is 9.47 Å². The number of benzene rings is 3. The highest BCUT2D eigenvalue weighted by Gasteiger charge is 2.28. The molecule has 1 fully saturated rings. The van der Waals surface area contributed by atoms with Crippen LogP contribution in [0.2, 0.25) is 0 Å². The number of hydrogen-bond acceptors (Lipinski definition) is 2. The van der Waals surface area contributed by atoms with Crippen LogP contribution in [0.5, 0.6) is 11.5 Å². The molecule has 8 heteroatoms. The molecule has 204 valence electrons. The Labute approximate surface area is 218 Å². The van der Waals surface area contributed by atoms with E-state index in [0.29, 0.717) is 44.1 Å². The summed E-state index contributed by atoms with van der Waals surface area (Å²) in [7, 11) is 0. The third-order valence-electron chi connectivity index (χ3n) is 7.16. The van der Waals surface area contributed by atoms with Gasteiger partial charge in [-0.05, 0) is 80.2 Å². The second-order valence-electron chi connectivity index (χ2n) is 9.63. The highest BCUT2D eigenvalue weighted by atomic mass is 19.2. The summed E-state index contributed by atoms with van der Waals surface area (Å²) in [5.41, 5.74) is -0.265. The van der Waals surface area contributed by atoms with Crippen molar-refractivity contribution >= 4 is 0 Å². The molecule has 3 aromatic rings. The van der Waals surface area contributed by atoms with Crippen molar-refractivity contribution < 1.29 is 35.8 Å². The summed E-state index contributed by atoms with van der Waals surface area (Å²) >= 11 is 0. The second kappa shape index (κ2) is 12.1. The van der Waals surface area contributed by atoms with Crippen LogP contribution >= 0.6 is 0 Å². The van der Waals surface area contributed by atoms with Gasteiger partial charge < -0.3 is 9.47 Å². The Balaban J connectivity index is 1.41. The molecule has 0 unspecified atom stereocenters. The van der Waals surface area contributed by atoms with Gasteiger partial charge in [-0.2, -0.15) is 8.78 Å². The molecule has 0 heterocycles. The highest BCUT2D eigenvalue weighted by Crippen LogP contribution is 2.40. The number of hydrogen-bond donors (Lipinski definition) is 0. The second-order valence-corrected chi connectivity index (χ2v) is 9.63. The molecule has 0 aromatic heterocycles. The summed E-state index contributed by atoms with van der Waals surface area (Å²) in [6, 6.07) is 8.00. The van der Waals surface area contributed by atoms with Gasteiger partial charge in [-0.25, -0.2) is 17.6 Å². The molecule has 4 rings (SSSR count). The lowest BCUT2D eigenvalue weighted by Crippen LogP contribution is -2.20. The van der Waals surface area contributed by atoms with Crippen LogP contribution in [0.1, 0.15) is 63.0 Å². The van der Waals surface area contributed by atoms with Crippen molar-refractivity contribution in [2.45, 2.75) is 58.3 Å². The molecule has 0 radical (unpaired) electrons. The van der Waals surface area contributed by atoms with Gasteiger partial charge >= 0.3 is 0 Å². The highest BCUT2D eigenvalue weighted by molar-refractivity contribution is 5.66. The monoisotopic (exact) mass is 536 g/mol. The lowest BCUT2D eigenvalue weighted by atomic mass is 9.78. The summed E-state index contributed by atoms with van der Waals surface area (Å²) in [4.78, 5) is 0. The van der Waals surface area contributed by atoms with Crippen molar-refractivity contribution in [3.8, 4) is 22.6 Å². The minimum Gasteiger partial charge on any atom is -0.491 e. The maximum atomic E-state index is 15.1. The topological polar surface area (TPSA) is 18.5 Å². The molecule has 0 amide bonds. The molecule has 0 spiro atoms. The van der Waals surface area contributed by atoms with E-state index in [1.807, 2.05) is 6.92 Å². The van der Waals surface area contributed by atoms with Crippen LogP contribution in [-0.4, -0.2) is 13.2 Å². The fraction of sp³-hybridized carbons (Fsp3) is 0.400. The molecule has 0 atom stereocenters. The van der Waals surface area contributed by atoms with Crippen molar-refractivity contribution in [1.29, 1.82) is 0 Å². The van der Waals surface area contributed by atoms with Crippen LogP contribution in [0, 0.1) is 40.8 Å². The Kier molecular flexibility index (Phi) is 8.90. The molecule has 1 saturated carbocycles. The summed E-state index contributed by atoms with van der Waals surface area (Å²) in [5.74, 6) is -7.41. The first kappa shape index (κ1) is 27.9. The van der Waals surface area contributed by atoms with E-state index in [-0.39, 0.29) is 53.2 Å². The molecule has 1 aliphatic carbocycles. The lowest BCUT2D eigenvalue weighted by molar-refractivity contribution is 0.191. The van der Waals surface area contributed by atoms with Gasteiger partial charge in [0.2, 0.25) is 11.6 Å². The first-order valence-corrected chi connectivity index (χ1v) is 12.9. The number of rotatable bonds is 9. The van der Waals surface area contributed by atoms with Crippen molar-refractivity contribution in [2.75, 3.05) is 13.2 Å². The number of aryl methyl sites for hydroxylation is 1. The quantitative estimate of drug-likeness (QED) is 0.254. The zero-order valence-electron chi connectivity index (χ0n) is 21.4. The van der Waals surface area contributed by atoms with Gasteiger partial charge in [0.25, 0.3) is 0 Å². The largest absolute Gasteiger partial charge is 0.491 e. The minimum atomic E-state index is -1.31. The fourth-order valence-corrected chi connectivity index (χ4v) is 5.09. The predicted molar refractivity (Wildman–Crippen MR) is 133 cm³/mol. The van der Waals surface area contributed by atoms with E-state index >= 15 is 8.78 Å². The van der Waals surface area contributed by atoms with Crippen LogP contribution in [0.25, 0.3) is 11.1 Å². The van der Waals surface area contributed by atoms with Crippen LogP contribution in [-0.2, 0) is 6.42 Å². The van der Waals surface area contributed by atoms with E-state index < -0.39 is 34.9 Å². The van der Waals surface area contributed by atoms with Crippen LogP contribution in [0.4, 0.5) is 26.3 Å². The predicted octanol–water partition coefficient (Wildman–Crippen LogP) is 8.89. The summed E-state index contributed by atoms with van der Waals surface area (Å²) in [6.07, 6.45) is 3.49. The molecular formula is C30H30F6O2. The SMILES string of the molecule is CCCc1ccc(OCC2CCC(c3ccc(-c4ccc(OCC)c(F)c4F)c(F)c3F)CC2)c(F)c1F. The lowest BCUT2D eigenvalue weighted by Gasteiger charge is -2.29. The van der Waals surface area contributed by atoms with Gasteiger partial charge in [0.05, 0.1) is 13.2 Å². The maximum absolute atomic E-state index is 15.1. The Bertz CT molecular complexity index is 1280. The van der Waals surface area contributed by atoms with E-state index in [9.17, 15) is 17.6 Å². The van der Waals surface area contributed by atoms with Crippen molar-refractivity contribution in [1.82, 2.24) is 0 Å². The van der Waals surface area contributed by atoms with E-state index in [2.05, 4.69) is 0 Å². The molecular weight excluding hydrogens is 506 g/mol.